The van der Waals surface area contributed by atoms with Gasteiger partial charge in [0.2, 0.25) is 10.0 Å². The standard InChI is InChI=1S/C14H21ClN2O2S/c1-9(2)16-8-11-4-5-12(7-13(11)15)20(18,19)17-14-6-10(14)3/h4-5,7,9-10,14,16-17H,6,8H2,1-3H3. The first-order valence-corrected chi connectivity index (χ1v) is 8.70. The maximum absolute atomic E-state index is 12.2. The van der Waals surface area contributed by atoms with Crippen molar-refractivity contribution in [3.63, 3.8) is 0 Å². The molecule has 6 heteroatoms. The van der Waals surface area contributed by atoms with E-state index in [0.717, 1.165) is 12.0 Å². The summed E-state index contributed by atoms with van der Waals surface area (Å²) in [6.07, 6.45) is 0.906. The van der Waals surface area contributed by atoms with E-state index in [1.807, 2.05) is 20.8 Å². The summed E-state index contributed by atoms with van der Waals surface area (Å²) in [5.74, 6) is 0.426. The Kier molecular flexibility index (Phi) is 4.74. The van der Waals surface area contributed by atoms with Gasteiger partial charge in [-0.1, -0.05) is 38.4 Å². The van der Waals surface area contributed by atoms with E-state index in [1.165, 1.54) is 6.07 Å². The average Bonchev–Trinajstić information content (AvgIpc) is 3.02. The second-order valence-corrected chi connectivity index (χ2v) is 7.85. The molecular formula is C14H21ClN2O2S. The molecule has 1 aromatic rings. The second kappa shape index (κ2) is 6.02. The summed E-state index contributed by atoms with van der Waals surface area (Å²) < 4.78 is 27.0. The van der Waals surface area contributed by atoms with Gasteiger partial charge in [0.05, 0.1) is 4.90 Å². The first kappa shape index (κ1) is 15.8. The van der Waals surface area contributed by atoms with E-state index in [0.29, 0.717) is 23.5 Å². The van der Waals surface area contributed by atoms with Crippen LogP contribution in [0.4, 0.5) is 0 Å². The number of nitrogens with one attached hydrogen (secondary N) is 2. The van der Waals surface area contributed by atoms with Crippen molar-refractivity contribution in [2.24, 2.45) is 5.92 Å². The highest BCUT2D eigenvalue weighted by Gasteiger charge is 2.36. The van der Waals surface area contributed by atoms with Gasteiger partial charge in [-0.15, -0.1) is 0 Å². The third kappa shape index (κ3) is 3.95. The van der Waals surface area contributed by atoms with Gasteiger partial charge >= 0.3 is 0 Å². The Morgan fingerprint density at radius 1 is 1.40 bits per heavy atom. The van der Waals surface area contributed by atoms with Crippen molar-refractivity contribution in [1.82, 2.24) is 10.0 Å². The lowest BCUT2D eigenvalue weighted by molar-refractivity contribution is 0.577. The van der Waals surface area contributed by atoms with Crippen LogP contribution in [0, 0.1) is 5.92 Å². The van der Waals surface area contributed by atoms with Crippen LogP contribution in [0.5, 0.6) is 0 Å². The fourth-order valence-electron chi connectivity index (χ4n) is 1.91. The zero-order chi connectivity index (χ0) is 14.9. The van der Waals surface area contributed by atoms with Crippen molar-refractivity contribution in [2.75, 3.05) is 0 Å². The molecule has 2 atom stereocenters. The SMILES string of the molecule is CC(C)NCc1ccc(S(=O)(=O)NC2CC2C)cc1Cl. The fourth-order valence-corrected chi connectivity index (χ4v) is 3.60. The monoisotopic (exact) mass is 316 g/mol. The Hall–Kier alpha value is -0.620. The van der Waals surface area contributed by atoms with Gasteiger partial charge < -0.3 is 5.32 Å². The number of hydrogen-bond acceptors (Lipinski definition) is 3. The molecule has 0 aromatic heterocycles. The van der Waals surface area contributed by atoms with Crippen LogP contribution >= 0.6 is 11.6 Å². The smallest absolute Gasteiger partial charge is 0.240 e. The molecule has 1 fully saturated rings. The summed E-state index contributed by atoms with van der Waals surface area (Å²) in [5.41, 5.74) is 0.902. The molecule has 0 saturated heterocycles. The topological polar surface area (TPSA) is 58.2 Å². The number of benzene rings is 1. The van der Waals surface area contributed by atoms with Crippen molar-refractivity contribution in [2.45, 2.75) is 50.7 Å². The molecule has 1 aliphatic rings. The summed E-state index contributed by atoms with van der Waals surface area (Å²) in [7, 11) is -3.46. The molecule has 1 aliphatic carbocycles. The van der Waals surface area contributed by atoms with Crippen molar-refractivity contribution in [3.05, 3.63) is 28.8 Å². The van der Waals surface area contributed by atoms with Gasteiger partial charge in [-0.25, -0.2) is 13.1 Å². The van der Waals surface area contributed by atoms with E-state index in [1.54, 1.807) is 12.1 Å². The van der Waals surface area contributed by atoms with E-state index in [2.05, 4.69) is 10.0 Å². The predicted octanol–water partition coefficient (Wildman–Crippen LogP) is 2.52. The van der Waals surface area contributed by atoms with E-state index in [4.69, 9.17) is 11.6 Å². The summed E-state index contributed by atoms with van der Waals surface area (Å²) >= 11 is 6.17. The Morgan fingerprint density at radius 2 is 2.05 bits per heavy atom. The van der Waals surface area contributed by atoms with Crippen LogP contribution < -0.4 is 10.0 Å². The lowest BCUT2D eigenvalue weighted by Crippen LogP contribution is -2.27. The van der Waals surface area contributed by atoms with Crippen molar-refractivity contribution in [1.29, 1.82) is 0 Å². The van der Waals surface area contributed by atoms with Crippen molar-refractivity contribution >= 4 is 21.6 Å². The molecule has 1 aromatic carbocycles. The lowest BCUT2D eigenvalue weighted by atomic mass is 10.2. The first-order chi connectivity index (χ1) is 9.29. The summed E-state index contributed by atoms with van der Waals surface area (Å²) in [6.45, 7) is 6.76. The molecule has 2 N–H and O–H groups in total. The highest BCUT2D eigenvalue weighted by molar-refractivity contribution is 7.89. The molecule has 2 rings (SSSR count). The molecule has 0 heterocycles. The van der Waals surface area contributed by atoms with Gasteiger partial charge in [0.15, 0.2) is 0 Å². The van der Waals surface area contributed by atoms with Crippen LogP contribution in [0.15, 0.2) is 23.1 Å². The molecule has 0 bridgehead atoms. The minimum Gasteiger partial charge on any atom is -0.310 e. The number of hydrogen-bond donors (Lipinski definition) is 2. The van der Waals surface area contributed by atoms with Gasteiger partial charge in [-0.2, -0.15) is 0 Å². The first-order valence-electron chi connectivity index (χ1n) is 6.83. The normalized spacial score (nSPS) is 22.2. The zero-order valence-corrected chi connectivity index (χ0v) is 13.6. The zero-order valence-electron chi connectivity index (χ0n) is 12.0. The molecule has 0 aliphatic heterocycles. The third-order valence-electron chi connectivity index (χ3n) is 3.45. The summed E-state index contributed by atoms with van der Waals surface area (Å²) in [5, 5.41) is 3.74. The van der Waals surface area contributed by atoms with Gasteiger partial charge in [-0.3, -0.25) is 0 Å². The molecule has 0 spiro atoms. The maximum Gasteiger partial charge on any atom is 0.240 e. The highest BCUT2D eigenvalue weighted by Crippen LogP contribution is 2.31. The fraction of sp³-hybridized carbons (Fsp3) is 0.571. The summed E-state index contributed by atoms with van der Waals surface area (Å²) in [6, 6.07) is 5.32. The van der Waals surface area contributed by atoms with Crippen LogP contribution in [0.3, 0.4) is 0 Å². The lowest BCUT2D eigenvalue weighted by Gasteiger charge is -2.11. The molecule has 20 heavy (non-hydrogen) atoms. The highest BCUT2D eigenvalue weighted by atomic mass is 35.5. The molecule has 2 unspecified atom stereocenters. The Labute approximate surface area is 126 Å². The van der Waals surface area contributed by atoms with E-state index >= 15 is 0 Å². The van der Waals surface area contributed by atoms with Crippen LogP contribution in [-0.4, -0.2) is 20.5 Å². The minimum absolute atomic E-state index is 0.0704. The molecule has 1 saturated carbocycles. The van der Waals surface area contributed by atoms with E-state index < -0.39 is 10.0 Å². The van der Waals surface area contributed by atoms with Gasteiger partial charge in [0.25, 0.3) is 0 Å². The van der Waals surface area contributed by atoms with Crippen LogP contribution in [0.25, 0.3) is 0 Å². The van der Waals surface area contributed by atoms with Gasteiger partial charge in [0, 0.05) is 23.7 Å². The van der Waals surface area contributed by atoms with Crippen molar-refractivity contribution < 1.29 is 8.42 Å². The predicted molar refractivity (Wildman–Crippen MR) is 81.3 cm³/mol. The molecule has 112 valence electrons. The van der Waals surface area contributed by atoms with Gasteiger partial charge in [-0.05, 0) is 30.0 Å². The maximum atomic E-state index is 12.2. The third-order valence-corrected chi connectivity index (χ3v) is 5.29. The van der Waals surface area contributed by atoms with E-state index in [-0.39, 0.29) is 10.9 Å². The van der Waals surface area contributed by atoms with Crippen molar-refractivity contribution in [3.8, 4) is 0 Å². The Bertz CT molecular complexity index is 587. The minimum atomic E-state index is -3.46. The molecule has 0 amide bonds. The Morgan fingerprint density at radius 3 is 2.55 bits per heavy atom. The second-order valence-electron chi connectivity index (χ2n) is 5.73. The van der Waals surface area contributed by atoms with Crippen LogP contribution in [0.1, 0.15) is 32.8 Å². The number of sulfonamides is 1. The molecular weight excluding hydrogens is 296 g/mol. The van der Waals surface area contributed by atoms with Crippen LogP contribution in [-0.2, 0) is 16.6 Å². The average molecular weight is 317 g/mol. The number of rotatable bonds is 6. The van der Waals surface area contributed by atoms with E-state index in [9.17, 15) is 8.42 Å². The van der Waals surface area contributed by atoms with Crippen LogP contribution in [0.2, 0.25) is 5.02 Å². The Balaban J connectivity index is 2.11. The number of halogens is 1. The van der Waals surface area contributed by atoms with Gasteiger partial charge in [0.1, 0.15) is 0 Å². The molecule has 0 radical (unpaired) electrons. The molecule has 4 nitrogen and oxygen atoms in total. The quantitative estimate of drug-likeness (QED) is 0.848. The summed E-state index contributed by atoms with van der Waals surface area (Å²) in [4.78, 5) is 0.231. The largest absolute Gasteiger partial charge is 0.310 e.